The van der Waals surface area contributed by atoms with Crippen LogP contribution in [0.2, 0.25) is 0 Å². The molecule has 116 valence electrons. The minimum Gasteiger partial charge on any atom is -0.174 e. The molecule has 0 heterocycles. The predicted molar refractivity (Wildman–Crippen MR) is 102 cm³/mol. The van der Waals surface area contributed by atoms with Gasteiger partial charge >= 0.3 is 0 Å². The smallest absolute Gasteiger partial charge is 0.0613 e. The molecular formula is C19H28S2. The van der Waals surface area contributed by atoms with Crippen LogP contribution in [0.1, 0.15) is 46.0 Å². The molecule has 0 radical (unpaired) electrons. The average Bonchev–Trinajstić information content (AvgIpc) is 2.46. The Morgan fingerprint density at radius 3 is 2.76 bits per heavy atom. The lowest BCUT2D eigenvalue weighted by molar-refractivity contribution is 0.368. The highest BCUT2D eigenvalue weighted by Gasteiger charge is 2.24. The second-order valence-corrected chi connectivity index (χ2v) is 7.78. The lowest BCUT2D eigenvalue weighted by atomic mass is 9.82. The van der Waals surface area contributed by atoms with Crippen molar-refractivity contribution >= 4 is 24.4 Å². The van der Waals surface area contributed by atoms with Crippen molar-refractivity contribution in [3.63, 3.8) is 0 Å². The molecule has 0 amide bonds. The quantitative estimate of drug-likeness (QED) is 0.264. The van der Waals surface area contributed by atoms with Gasteiger partial charge in [0, 0.05) is 11.0 Å². The second kappa shape index (κ2) is 9.49. The van der Waals surface area contributed by atoms with Crippen LogP contribution < -0.4 is 0 Å². The first kappa shape index (κ1) is 18.5. The molecule has 0 aromatic rings. The number of thioether (sulfide) groups is 1. The summed E-state index contributed by atoms with van der Waals surface area (Å²) >= 11 is 6.20. The summed E-state index contributed by atoms with van der Waals surface area (Å²) < 4.78 is 0. The Kier molecular flexibility index (Phi) is 8.37. The lowest BCUT2D eigenvalue weighted by Gasteiger charge is -2.29. The SMILES string of the molecule is C#C/C(SC(CC1CCCC(=C)C1)C(C)C)=C(/C=C)CS. The number of hydrogen-bond donors (Lipinski definition) is 1. The van der Waals surface area contributed by atoms with E-state index in [1.54, 1.807) is 0 Å². The summed E-state index contributed by atoms with van der Waals surface area (Å²) in [5.74, 6) is 4.88. The predicted octanol–water partition coefficient (Wildman–Crippen LogP) is 5.88. The molecule has 0 aromatic heterocycles. The van der Waals surface area contributed by atoms with Crippen molar-refractivity contribution in [3.05, 3.63) is 35.3 Å². The molecule has 21 heavy (non-hydrogen) atoms. The molecular weight excluding hydrogens is 292 g/mol. The van der Waals surface area contributed by atoms with Crippen molar-refractivity contribution in [3.8, 4) is 12.3 Å². The Balaban J connectivity index is 2.78. The van der Waals surface area contributed by atoms with Crippen LogP contribution in [0, 0.1) is 24.2 Å². The maximum Gasteiger partial charge on any atom is 0.0613 e. The number of rotatable bonds is 7. The van der Waals surface area contributed by atoms with Crippen LogP contribution in [-0.2, 0) is 0 Å². The third-order valence-corrected chi connectivity index (χ3v) is 6.13. The Labute approximate surface area is 141 Å². The van der Waals surface area contributed by atoms with E-state index in [0.29, 0.717) is 16.9 Å². The van der Waals surface area contributed by atoms with E-state index in [-0.39, 0.29) is 0 Å². The van der Waals surface area contributed by atoms with E-state index in [1.807, 2.05) is 17.8 Å². The van der Waals surface area contributed by atoms with Gasteiger partial charge < -0.3 is 0 Å². The molecule has 1 saturated carbocycles. The largest absolute Gasteiger partial charge is 0.174 e. The molecule has 2 atom stereocenters. The molecule has 1 rings (SSSR count). The number of allylic oxidation sites excluding steroid dienone is 3. The van der Waals surface area contributed by atoms with Gasteiger partial charge in [-0.1, -0.05) is 44.6 Å². The van der Waals surface area contributed by atoms with E-state index in [1.165, 1.54) is 37.7 Å². The molecule has 0 saturated heterocycles. The highest BCUT2D eigenvalue weighted by molar-refractivity contribution is 8.04. The monoisotopic (exact) mass is 320 g/mol. The van der Waals surface area contributed by atoms with Crippen molar-refractivity contribution in [2.75, 3.05) is 5.75 Å². The number of terminal acetylenes is 1. The van der Waals surface area contributed by atoms with E-state index in [9.17, 15) is 0 Å². The number of hydrogen-bond acceptors (Lipinski definition) is 2. The van der Waals surface area contributed by atoms with Gasteiger partial charge in [0.15, 0.2) is 0 Å². The van der Waals surface area contributed by atoms with E-state index in [0.717, 1.165) is 16.4 Å². The zero-order valence-corrected chi connectivity index (χ0v) is 15.1. The topological polar surface area (TPSA) is 0 Å². The van der Waals surface area contributed by atoms with Crippen LogP contribution in [-0.4, -0.2) is 11.0 Å². The van der Waals surface area contributed by atoms with Crippen molar-refractivity contribution in [2.24, 2.45) is 11.8 Å². The standard InChI is InChI=1S/C19H28S2/c1-6-17(13-20)18(7-2)21-19(14(3)4)12-16-10-8-9-15(5)11-16/h2,6,14,16,19-20H,1,5,8-13H2,3-4H3/b18-17+. The molecule has 0 bridgehead atoms. The third-order valence-electron chi connectivity index (χ3n) is 4.14. The van der Waals surface area contributed by atoms with Crippen LogP contribution in [0.15, 0.2) is 35.3 Å². The first-order chi connectivity index (χ1) is 10.0. The van der Waals surface area contributed by atoms with Gasteiger partial charge in [-0.05, 0) is 49.5 Å². The summed E-state index contributed by atoms with van der Waals surface area (Å²) in [4.78, 5) is 1.01. The van der Waals surface area contributed by atoms with Crippen LogP contribution in [0.3, 0.4) is 0 Å². The summed E-state index contributed by atoms with van der Waals surface area (Å²) in [6, 6.07) is 0. The second-order valence-electron chi connectivity index (χ2n) is 6.21. The van der Waals surface area contributed by atoms with Crippen LogP contribution >= 0.6 is 24.4 Å². The van der Waals surface area contributed by atoms with E-state index >= 15 is 0 Å². The van der Waals surface area contributed by atoms with Gasteiger partial charge in [0.1, 0.15) is 0 Å². The number of thiol groups is 1. The van der Waals surface area contributed by atoms with Gasteiger partial charge in [-0.25, -0.2) is 0 Å². The molecule has 2 unspecified atom stereocenters. The molecule has 2 heteroatoms. The minimum atomic E-state index is 0.557. The highest BCUT2D eigenvalue weighted by atomic mass is 32.2. The fraction of sp³-hybridized carbons (Fsp3) is 0.579. The van der Waals surface area contributed by atoms with E-state index < -0.39 is 0 Å². The first-order valence-corrected chi connectivity index (χ1v) is 9.29. The van der Waals surface area contributed by atoms with Crippen LogP contribution in [0.4, 0.5) is 0 Å². The maximum absolute atomic E-state index is 5.70. The molecule has 0 nitrogen and oxygen atoms in total. The van der Waals surface area contributed by atoms with E-state index in [4.69, 9.17) is 6.42 Å². The molecule has 1 aliphatic rings. The van der Waals surface area contributed by atoms with Gasteiger partial charge in [-0.15, -0.1) is 18.2 Å². The van der Waals surface area contributed by atoms with Crippen molar-refractivity contribution in [2.45, 2.75) is 51.2 Å². The van der Waals surface area contributed by atoms with Gasteiger partial charge in [0.05, 0.1) is 4.91 Å². The average molecular weight is 321 g/mol. The van der Waals surface area contributed by atoms with Gasteiger partial charge in [-0.3, -0.25) is 0 Å². The Hall–Kier alpha value is -0.520. The first-order valence-electron chi connectivity index (χ1n) is 7.78. The van der Waals surface area contributed by atoms with Crippen LogP contribution in [0.5, 0.6) is 0 Å². The molecule has 0 N–H and O–H groups in total. The zero-order chi connectivity index (χ0) is 15.8. The Bertz CT molecular complexity index is 437. The molecule has 0 spiro atoms. The summed E-state index contributed by atoms with van der Waals surface area (Å²) in [6.07, 6.45) is 13.8. The maximum atomic E-state index is 5.70. The van der Waals surface area contributed by atoms with E-state index in [2.05, 4.69) is 45.6 Å². The highest BCUT2D eigenvalue weighted by Crippen LogP contribution is 2.38. The fourth-order valence-electron chi connectivity index (χ4n) is 2.82. The summed E-state index contributed by atoms with van der Waals surface area (Å²) in [5.41, 5.74) is 2.50. The zero-order valence-electron chi connectivity index (χ0n) is 13.4. The fourth-order valence-corrected chi connectivity index (χ4v) is 4.53. The molecule has 0 aliphatic heterocycles. The lowest BCUT2D eigenvalue weighted by Crippen LogP contribution is -2.19. The summed E-state index contributed by atoms with van der Waals surface area (Å²) in [5, 5.41) is 0.557. The van der Waals surface area contributed by atoms with Gasteiger partial charge in [-0.2, -0.15) is 12.6 Å². The summed E-state index contributed by atoms with van der Waals surface area (Å²) in [6.45, 7) is 12.6. The molecule has 1 aliphatic carbocycles. The van der Waals surface area contributed by atoms with Crippen molar-refractivity contribution in [1.29, 1.82) is 0 Å². The Morgan fingerprint density at radius 1 is 1.57 bits per heavy atom. The van der Waals surface area contributed by atoms with Crippen LogP contribution in [0.25, 0.3) is 0 Å². The summed E-state index contributed by atoms with van der Waals surface area (Å²) in [7, 11) is 0. The van der Waals surface area contributed by atoms with Crippen molar-refractivity contribution < 1.29 is 0 Å². The normalized spacial score (nSPS) is 21.7. The minimum absolute atomic E-state index is 0.557. The third kappa shape index (κ3) is 6.01. The van der Waals surface area contributed by atoms with Gasteiger partial charge in [0.25, 0.3) is 0 Å². The Morgan fingerprint density at radius 2 is 2.29 bits per heavy atom. The molecule has 1 fully saturated rings. The van der Waals surface area contributed by atoms with Crippen molar-refractivity contribution in [1.82, 2.24) is 0 Å². The molecule has 0 aromatic carbocycles. The van der Waals surface area contributed by atoms with Gasteiger partial charge in [0.2, 0.25) is 0 Å².